The van der Waals surface area contributed by atoms with Crippen molar-refractivity contribution in [3.8, 4) is 0 Å². The molecule has 0 atom stereocenters. The Morgan fingerprint density at radius 1 is 1.64 bits per heavy atom. The maximum atomic E-state index is 11.2. The summed E-state index contributed by atoms with van der Waals surface area (Å²) in [4.78, 5) is 11.2. The number of carbonyl (C=O) groups excluding carboxylic acids is 1. The van der Waals surface area contributed by atoms with E-state index in [1.807, 2.05) is 0 Å². The molecule has 1 fully saturated rings. The lowest BCUT2D eigenvalue weighted by Gasteiger charge is -2.38. The molecule has 0 radical (unpaired) electrons. The number of nitrogens with one attached hydrogen (secondary N) is 1. The summed E-state index contributed by atoms with van der Waals surface area (Å²) in [5, 5.41) is 2.97. The number of hydrogen-bond acceptors (Lipinski definition) is 4. The van der Waals surface area contributed by atoms with Crippen LogP contribution in [0.15, 0.2) is 0 Å². The minimum atomic E-state index is -0.698. The highest BCUT2D eigenvalue weighted by Gasteiger charge is 2.46. The molecule has 0 unspecified atom stereocenters. The SMILES string of the molecule is CCOC(=O)C1(OC)CNC1. The molecule has 0 spiro atoms. The second-order valence-electron chi connectivity index (χ2n) is 2.52. The smallest absolute Gasteiger partial charge is 0.341 e. The lowest BCUT2D eigenvalue weighted by molar-refractivity contribution is -0.174. The van der Waals surface area contributed by atoms with Gasteiger partial charge in [-0.15, -0.1) is 0 Å². The first-order chi connectivity index (χ1) is 5.25. The molecule has 4 nitrogen and oxygen atoms in total. The summed E-state index contributed by atoms with van der Waals surface area (Å²) in [6.07, 6.45) is 0. The Bertz CT molecular complexity index is 148. The number of ether oxygens (including phenoxy) is 2. The average Bonchev–Trinajstić information content (AvgIpc) is 1.87. The molecule has 1 aliphatic heterocycles. The number of esters is 1. The van der Waals surface area contributed by atoms with Crippen molar-refractivity contribution in [2.75, 3.05) is 26.8 Å². The highest BCUT2D eigenvalue weighted by Crippen LogP contribution is 2.17. The van der Waals surface area contributed by atoms with Crippen LogP contribution in [-0.4, -0.2) is 38.4 Å². The van der Waals surface area contributed by atoms with Crippen LogP contribution in [-0.2, 0) is 14.3 Å². The first kappa shape index (κ1) is 8.49. The van der Waals surface area contributed by atoms with Gasteiger partial charge in [0, 0.05) is 20.2 Å². The second-order valence-corrected chi connectivity index (χ2v) is 2.52. The molecule has 0 aromatic rings. The minimum absolute atomic E-state index is 0.263. The topological polar surface area (TPSA) is 47.6 Å². The first-order valence-electron chi connectivity index (χ1n) is 3.68. The maximum absolute atomic E-state index is 11.2. The van der Waals surface area contributed by atoms with Crippen molar-refractivity contribution in [1.29, 1.82) is 0 Å². The zero-order valence-electron chi connectivity index (χ0n) is 6.85. The van der Waals surface area contributed by atoms with Gasteiger partial charge >= 0.3 is 5.97 Å². The van der Waals surface area contributed by atoms with E-state index in [1.165, 1.54) is 7.11 Å². The predicted molar refractivity (Wildman–Crippen MR) is 39.2 cm³/mol. The van der Waals surface area contributed by atoms with E-state index in [4.69, 9.17) is 9.47 Å². The van der Waals surface area contributed by atoms with Gasteiger partial charge in [-0.05, 0) is 6.92 Å². The van der Waals surface area contributed by atoms with Crippen molar-refractivity contribution < 1.29 is 14.3 Å². The Hall–Kier alpha value is -0.610. The lowest BCUT2D eigenvalue weighted by atomic mass is 9.97. The van der Waals surface area contributed by atoms with E-state index in [9.17, 15) is 4.79 Å². The van der Waals surface area contributed by atoms with Crippen molar-refractivity contribution in [2.24, 2.45) is 0 Å². The van der Waals surface area contributed by atoms with E-state index in [2.05, 4.69) is 5.32 Å². The Balaban J connectivity index is 2.47. The lowest BCUT2D eigenvalue weighted by Crippen LogP contribution is -2.65. The molecule has 1 N–H and O–H groups in total. The fourth-order valence-corrected chi connectivity index (χ4v) is 0.987. The maximum Gasteiger partial charge on any atom is 0.341 e. The molecule has 11 heavy (non-hydrogen) atoms. The van der Waals surface area contributed by atoms with Gasteiger partial charge < -0.3 is 14.8 Å². The van der Waals surface area contributed by atoms with E-state index < -0.39 is 5.60 Å². The van der Waals surface area contributed by atoms with Gasteiger partial charge in [-0.3, -0.25) is 0 Å². The molecule has 0 aliphatic carbocycles. The fourth-order valence-electron chi connectivity index (χ4n) is 0.987. The zero-order chi connectivity index (χ0) is 8.32. The Labute approximate surface area is 65.9 Å². The summed E-state index contributed by atoms with van der Waals surface area (Å²) in [7, 11) is 1.53. The largest absolute Gasteiger partial charge is 0.464 e. The summed E-state index contributed by atoms with van der Waals surface area (Å²) in [6, 6.07) is 0. The van der Waals surface area contributed by atoms with Crippen LogP contribution in [0.4, 0.5) is 0 Å². The molecule has 0 bridgehead atoms. The molecule has 4 heteroatoms. The monoisotopic (exact) mass is 159 g/mol. The van der Waals surface area contributed by atoms with Crippen LogP contribution in [0.2, 0.25) is 0 Å². The van der Waals surface area contributed by atoms with Crippen molar-refractivity contribution in [3.05, 3.63) is 0 Å². The van der Waals surface area contributed by atoms with Crippen molar-refractivity contribution >= 4 is 5.97 Å². The second kappa shape index (κ2) is 3.19. The van der Waals surface area contributed by atoms with Gasteiger partial charge in [0.1, 0.15) is 0 Å². The number of rotatable bonds is 3. The van der Waals surface area contributed by atoms with Gasteiger partial charge in [0.15, 0.2) is 5.60 Å². The summed E-state index contributed by atoms with van der Waals surface area (Å²) in [6.45, 7) is 3.31. The van der Waals surface area contributed by atoms with Crippen LogP contribution in [0.25, 0.3) is 0 Å². The molecule has 0 amide bonds. The third-order valence-electron chi connectivity index (χ3n) is 1.86. The van der Waals surface area contributed by atoms with Gasteiger partial charge in [0.05, 0.1) is 6.61 Å². The molecule has 0 saturated carbocycles. The van der Waals surface area contributed by atoms with E-state index in [0.29, 0.717) is 19.7 Å². The Morgan fingerprint density at radius 2 is 2.27 bits per heavy atom. The van der Waals surface area contributed by atoms with Crippen LogP contribution in [0.1, 0.15) is 6.92 Å². The molecular weight excluding hydrogens is 146 g/mol. The van der Waals surface area contributed by atoms with Crippen LogP contribution in [0, 0.1) is 0 Å². The standard InChI is InChI=1S/C7H13NO3/c1-3-11-6(9)7(10-2)4-8-5-7/h8H,3-5H2,1-2H3. The molecule has 0 aromatic heterocycles. The first-order valence-corrected chi connectivity index (χ1v) is 3.68. The number of carbonyl (C=O) groups is 1. The summed E-state index contributed by atoms with van der Waals surface area (Å²) in [5.41, 5.74) is -0.698. The average molecular weight is 159 g/mol. The number of methoxy groups -OCH3 is 1. The fraction of sp³-hybridized carbons (Fsp3) is 0.857. The van der Waals surface area contributed by atoms with E-state index >= 15 is 0 Å². The van der Waals surface area contributed by atoms with Gasteiger partial charge in [0.2, 0.25) is 0 Å². The summed E-state index contributed by atoms with van der Waals surface area (Å²) < 4.78 is 9.89. The quantitative estimate of drug-likeness (QED) is 0.566. The third-order valence-corrected chi connectivity index (χ3v) is 1.86. The summed E-state index contributed by atoms with van der Waals surface area (Å²) >= 11 is 0. The Morgan fingerprint density at radius 3 is 2.55 bits per heavy atom. The third kappa shape index (κ3) is 1.36. The van der Waals surface area contributed by atoms with E-state index in [1.54, 1.807) is 6.92 Å². The molecule has 1 aliphatic rings. The van der Waals surface area contributed by atoms with Crippen molar-refractivity contribution in [3.63, 3.8) is 0 Å². The summed E-state index contributed by atoms with van der Waals surface area (Å²) in [5.74, 6) is -0.263. The minimum Gasteiger partial charge on any atom is -0.464 e. The van der Waals surface area contributed by atoms with Crippen molar-refractivity contribution in [2.45, 2.75) is 12.5 Å². The van der Waals surface area contributed by atoms with Crippen LogP contribution in [0.5, 0.6) is 0 Å². The molecule has 1 rings (SSSR count). The van der Waals surface area contributed by atoms with Gasteiger partial charge in [0.25, 0.3) is 0 Å². The van der Waals surface area contributed by atoms with Crippen molar-refractivity contribution in [1.82, 2.24) is 5.32 Å². The molecule has 1 saturated heterocycles. The normalized spacial score (nSPS) is 20.5. The van der Waals surface area contributed by atoms with Crippen LogP contribution < -0.4 is 5.32 Å². The van der Waals surface area contributed by atoms with E-state index in [-0.39, 0.29) is 5.97 Å². The zero-order valence-corrected chi connectivity index (χ0v) is 6.85. The number of hydrogen-bond donors (Lipinski definition) is 1. The molecule has 0 aromatic carbocycles. The van der Waals surface area contributed by atoms with Gasteiger partial charge in [-0.2, -0.15) is 0 Å². The molecule has 64 valence electrons. The Kier molecular flexibility index (Phi) is 2.46. The predicted octanol–water partition coefficient (Wildman–Crippen LogP) is -0.462. The van der Waals surface area contributed by atoms with Crippen LogP contribution >= 0.6 is 0 Å². The molecular formula is C7H13NO3. The highest BCUT2D eigenvalue weighted by atomic mass is 16.6. The van der Waals surface area contributed by atoms with E-state index in [0.717, 1.165) is 0 Å². The van der Waals surface area contributed by atoms with Gasteiger partial charge in [-0.25, -0.2) is 4.79 Å². The molecule has 1 heterocycles. The van der Waals surface area contributed by atoms with Crippen LogP contribution in [0.3, 0.4) is 0 Å². The highest BCUT2D eigenvalue weighted by molar-refractivity contribution is 5.81. The van der Waals surface area contributed by atoms with Gasteiger partial charge in [-0.1, -0.05) is 0 Å².